The van der Waals surface area contributed by atoms with E-state index in [0.29, 0.717) is 35.9 Å². The van der Waals surface area contributed by atoms with Gasteiger partial charge >= 0.3 is 0 Å². The lowest BCUT2D eigenvalue weighted by molar-refractivity contribution is 0.0495. The predicted molar refractivity (Wildman–Crippen MR) is 130 cm³/mol. The lowest BCUT2D eigenvalue weighted by atomic mass is 9.95. The van der Waals surface area contributed by atoms with Gasteiger partial charge in [-0.1, -0.05) is 42.5 Å². The normalized spacial score (nSPS) is 19.2. The first kappa shape index (κ1) is 21.4. The number of carbonyl (C=O) groups is 1. The van der Waals surface area contributed by atoms with Gasteiger partial charge in [-0.3, -0.25) is 9.89 Å². The molecule has 1 aromatic heterocycles. The number of aromatic hydroxyl groups is 1. The van der Waals surface area contributed by atoms with E-state index in [-0.39, 0.29) is 17.8 Å². The SMILES string of the molecule is O=C1c2[nH]nc(-c3ccccc3O)c2[C@@H](c2cccc(Oc3ccccc3)c2)N1C[C@H]1CCCO1. The van der Waals surface area contributed by atoms with Gasteiger partial charge in [0.05, 0.1) is 12.1 Å². The summed E-state index contributed by atoms with van der Waals surface area (Å²) in [5.41, 5.74) is 3.26. The Morgan fingerprint density at radius 2 is 1.83 bits per heavy atom. The van der Waals surface area contributed by atoms with E-state index in [2.05, 4.69) is 10.2 Å². The fraction of sp³-hybridized carbons (Fsp3) is 0.214. The van der Waals surface area contributed by atoms with Crippen LogP contribution < -0.4 is 4.74 Å². The molecule has 6 rings (SSSR count). The minimum absolute atomic E-state index is 0.00394. The third-order valence-electron chi connectivity index (χ3n) is 6.60. The summed E-state index contributed by atoms with van der Waals surface area (Å²) in [6.45, 7) is 1.20. The van der Waals surface area contributed by atoms with Crippen molar-refractivity contribution in [1.29, 1.82) is 0 Å². The minimum atomic E-state index is -0.394. The van der Waals surface area contributed by atoms with Crippen LogP contribution in [0.5, 0.6) is 17.2 Å². The summed E-state index contributed by atoms with van der Waals surface area (Å²) in [5.74, 6) is 1.41. The van der Waals surface area contributed by atoms with Gasteiger partial charge in [0.15, 0.2) is 0 Å². The molecule has 3 aromatic carbocycles. The molecule has 0 bridgehead atoms. The van der Waals surface area contributed by atoms with E-state index in [0.717, 1.165) is 29.7 Å². The van der Waals surface area contributed by atoms with E-state index >= 15 is 0 Å². The van der Waals surface area contributed by atoms with Crippen LogP contribution in [0.4, 0.5) is 0 Å². The van der Waals surface area contributed by atoms with Crippen LogP contribution in [0.15, 0.2) is 78.9 Å². The van der Waals surface area contributed by atoms with E-state index in [4.69, 9.17) is 9.47 Å². The summed E-state index contributed by atoms with van der Waals surface area (Å²) in [4.78, 5) is 15.4. The first-order valence-electron chi connectivity index (χ1n) is 11.8. The molecule has 7 nitrogen and oxygen atoms in total. The van der Waals surface area contributed by atoms with Gasteiger partial charge in [0.2, 0.25) is 0 Å². The fourth-order valence-corrected chi connectivity index (χ4v) is 4.99. The lowest BCUT2D eigenvalue weighted by Gasteiger charge is -2.28. The van der Waals surface area contributed by atoms with Crippen LogP contribution in [0.25, 0.3) is 11.3 Å². The molecule has 0 spiro atoms. The van der Waals surface area contributed by atoms with Crippen molar-refractivity contribution in [3.8, 4) is 28.5 Å². The third-order valence-corrected chi connectivity index (χ3v) is 6.60. The number of fused-ring (bicyclic) bond motifs is 1. The lowest BCUT2D eigenvalue weighted by Crippen LogP contribution is -2.36. The highest BCUT2D eigenvalue weighted by molar-refractivity contribution is 6.00. The number of hydrogen-bond acceptors (Lipinski definition) is 5. The van der Waals surface area contributed by atoms with Gasteiger partial charge in [0.1, 0.15) is 28.6 Å². The summed E-state index contributed by atoms with van der Waals surface area (Å²) in [7, 11) is 0. The fourth-order valence-electron chi connectivity index (χ4n) is 4.99. The van der Waals surface area contributed by atoms with Crippen molar-refractivity contribution in [2.45, 2.75) is 25.0 Å². The highest BCUT2D eigenvalue weighted by Gasteiger charge is 2.43. The summed E-state index contributed by atoms with van der Waals surface area (Å²) in [5, 5.41) is 18.0. The van der Waals surface area contributed by atoms with Gasteiger partial charge in [-0.25, -0.2) is 0 Å². The average molecular weight is 468 g/mol. The number of hydrogen-bond donors (Lipinski definition) is 2. The number of amides is 1. The number of para-hydroxylation sites is 2. The maximum Gasteiger partial charge on any atom is 0.273 e. The predicted octanol–water partition coefficient (Wildman–Crippen LogP) is 5.30. The van der Waals surface area contributed by atoms with E-state index in [1.165, 1.54) is 0 Å². The van der Waals surface area contributed by atoms with Crippen LogP contribution in [0.3, 0.4) is 0 Å². The Hall–Kier alpha value is -4.10. The summed E-state index contributed by atoms with van der Waals surface area (Å²) in [6, 6.07) is 24.0. The summed E-state index contributed by atoms with van der Waals surface area (Å²) >= 11 is 0. The number of H-pyrrole nitrogens is 1. The molecule has 35 heavy (non-hydrogen) atoms. The van der Waals surface area contributed by atoms with Gasteiger partial charge in [-0.2, -0.15) is 5.10 Å². The van der Waals surface area contributed by atoms with Crippen molar-refractivity contribution in [1.82, 2.24) is 15.1 Å². The number of aromatic amines is 1. The third kappa shape index (κ3) is 3.94. The molecule has 1 amide bonds. The average Bonchev–Trinajstić information content (AvgIpc) is 3.60. The van der Waals surface area contributed by atoms with Crippen LogP contribution in [-0.4, -0.2) is 45.4 Å². The molecule has 1 saturated heterocycles. The number of phenolic OH excluding ortho intramolecular Hbond substituents is 1. The maximum absolute atomic E-state index is 13.6. The first-order valence-corrected chi connectivity index (χ1v) is 11.8. The molecule has 2 N–H and O–H groups in total. The molecule has 0 unspecified atom stereocenters. The Morgan fingerprint density at radius 1 is 1.03 bits per heavy atom. The quantitative estimate of drug-likeness (QED) is 0.402. The van der Waals surface area contributed by atoms with Crippen molar-refractivity contribution >= 4 is 5.91 Å². The number of carbonyl (C=O) groups excluding carboxylic acids is 1. The van der Waals surface area contributed by atoms with E-state index < -0.39 is 6.04 Å². The monoisotopic (exact) mass is 467 g/mol. The zero-order valence-electron chi connectivity index (χ0n) is 19.1. The second-order valence-corrected chi connectivity index (χ2v) is 8.86. The van der Waals surface area contributed by atoms with E-state index in [1.807, 2.05) is 71.6 Å². The molecule has 3 heterocycles. The second kappa shape index (κ2) is 8.92. The number of ether oxygens (including phenoxy) is 2. The summed E-state index contributed by atoms with van der Waals surface area (Å²) < 4.78 is 12.0. The zero-order chi connectivity index (χ0) is 23.8. The van der Waals surface area contributed by atoms with Crippen LogP contribution in [-0.2, 0) is 4.74 Å². The standard InChI is InChI=1S/C28H25N3O4/c32-23-14-5-4-13-22(23)25-24-26(30-29-25)28(33)31(17-21-12-7-15-34-21)27(24)18-8-6-11-20(16-18)35-19-9-2-1-3-10-19/h1-6,8-11,13-14,16,21,27,32H,7,12,15,17H2,(H,29,30)/t21-,27-/m1/s1. The number of aromatic nitrogens is 2. The Kier molecular flexibility index (Phi) is 5.47. The molecule has 2 atom stereocenters. The number of rotatable bonds is 6. The molecule has 2 aliphatic rings. The van der Waals surface area contributed by atoms with Crippen LogP contribution >= 0.6 is 0 Å². The van der Waals surface area contributed by atoms with Gasteiger partial charge in [-0.15, -0.1) is 0 Å². The topological polar surface area (TPSA) is 87.7 Å². The molecule has 0 radical (unpaired) electrons. The Bertz CT molecular complexity index is 1360. The van der Waals surface area contributed by atoms with Crippen LogP contribution in [0.2, 0.25) is 0 Å². The highest BCUT2D eigenvalue weighted by Crippen LogP contribution is 2.45. The Labute approximate surface area is 202 Å². The van der Waals surface area contributed by atoms with Gasteiger partial charge < -0.3 is 19.5 Å². The van der Waals surface area contributed by atoms with Gasteiger partial charge in [0, 0.05) is 24.3 Å². The number of nitrogens with one attached hydrogen (secondary N) is 1. The van der Waals surface area contributed by atoms with Crippen molar-refractivity contribution < 1.29 is 19.4 Å². The largest absolute Gasteiger partial charge is 0.507 e. The maximum atomic E-state index is 13.6. The molecule has 0 saturated carbocycles. The Morgan fingerprint density at radius 3 is 2.63 bits per heavy atom. The highest BCUT2D eigenvalue weighted by atomic mass is 16.5. The van der Waals surface area contributed by atoms with Gasteiger partial charge in [-0.05, 0) is 54.8 Å². The second-order valence-electron chi connectivity index (χ2n) is 8.86. The first-order chi connectivity index (χ1) is 17.2. The Balaban J connectivity index is 1.44. The molecule has 0 aliphatic carbocycles. The smallest absolute Gasteiger partial charge is 0.273 e. The van der Waals surface area contributed by atoms with Gasteiger partial charge in [0.25, 0.3) is 5.91 Å². The molecule has 2 aliphatic heterocycles. The van der Waals surface area contributed by atoms with Crippen LogP contribution in [0, 0.1) is 0 Å². The zero-order valence-corrected chi connectivity index (χ0v) is 19.1. The summed E-state index contributed by atoms with van der Waals surface area (Å²) in [6.07, 6.45) is 1.91. The number of nitrogens with zero attached hydrogens (tertiary/aromatic N) is 2. The van der Waals surface area contributed by atoms with E-state index in [9.17, 15) is 9.90 Å². The van der Waals surface area contributed by atoms with Crippen LogP contribution in [0.1, 0.15) is 40.5 Å². The number of benzene rings is 3. The molecular weight excluding hydrogens is 442 g/mol. The molecule has 176 valence electrons. The van der Waals surface area contributed by atoms with Crippen molar-refractivity contribution in [3.05, 3.63) is 95.7 Å². The van der Waals surface area contributed by atoms with Crippen molar-refractivity contribution in [2.24, 2.45) is 0 Å². The molecule has 7 heteroatoms. The molecule has 1 fully saturated rings. The van der Waals surface area contributed by atoms with Crippen molar-refractivity contribution in [3.63, 3.8) is 0 Å². The minimum Gasteiger partial charge on any atom is -0.507 e. The van der Waals surface area contributed by atoms with E-state index in [1.54, 1.807) is 12.1 Å². The molecule has 4 aromatic rings. The molecular formula is C28H25N3O4. The van der Waals surface area contributed by atoms with Crippen molar-refractivity contribution in [2.75, 3.05) is 13.2 Å². The number of phenols is 1.